The standard InChI is InChI=1S/C21H22Cl2S2/c1-12-16(10-20(22)24-12)18-8-15(14-6-4-3-5-7-14)9-19(18)17-11-21(23)25-13(17)2/h8,10-11,19H,3-7,9H2,1-2H3. The molecule has 1 atom stereocenters. The van der Waals surface area contributed by atoms with Gasteiger partial charge in [-0.05, 0) is 80.4 Å². The van der Waals surface area contributed by atoms with Gasteiger partial charge in [-0.25, -0.2) is 0 Å². The van der Waals surface area contributed by atoms with Crippen LogP contribution in [0.1, 0.15) is 65.3 Å². The van der Waals surface area contributed by atoms with Crippen molar-refractivity contribution in [2.24, 2.45) is 0 Å². The van der Waals surface area contributed by atoms with Crippen molar-refractivity contribution in [3.8, 4) is 0 Å². The highest BCUT2D eigenvalue weighted by atomic mass is 35.5. The summed E-state index contributed by atoms with van der Waals surface area (Å²) in [5.74, 6) is 0.414. The Bertz CT molecular complexity index is 859. The van der Waals surface area contributed by atoms with Crippen molar-refractivity contribution in [3.05, 3.63) is 58.9 Å². The zero-order chi connectivity index (χ0) is 17.6. The maximum Gasteiger partial charge on any atom is 0.0937 e. The van der Waals surface area contributed by atoms with Crippen LogP contribution in [0.25, 0.3) is 5.57 Å². The summed E-state index contributed by atoms with van der Waals surface area (Å²) in [6.45, 7) is 4.38. The molecule has 0 aliphatic heterocycles. The Morgan fingerprint density at radius 1 is 0.920 bits per heavy atom. The number of halogens is 2. The Morgan fingerprint density at radius 2 is 1.60 bits per heavy atom. The van der Waals surface area contributed by atoms with E-state index in [1.54, 1.807) is 33.8 Å². The van der Waals surface area contributed by atoms with Gasteiger partial charge in [0, 0.05) is 15.7 Å². The molecule has 0 radical (unpaired) electrons. The van der Waals surface area contributed by atoms with Gasteiger partial charge in [-0.1, -0.05) is 41.3 Å². The van der Waals surface area contributed by atoms with Crippen molar-refractivity contribution in [2.75, 3.05) is 0 Å². The lowest BCUT2D eigenvalue weighted by Crippen LogP contribution is -2.00. The summed E-state index contributed by atoms with van der Waals surface area (Å²) in [4.78, 5) is 2.66. The highest BCUT2D eigenvalue weighted by Crippen LogP contribution is 2.50. The number of allylic oxidation sites excluding steroid dienone is 4. The van der Waals surface area contributed by atoms with E-state index < -0.39 is 0 Å². The van der Waals surface area contributed by atoms with Gasteiger partial charge < -0.3 is 0 Å². The molecule has 2 aromatic rings. The lowest BCUT2D eigenvalue weighted by molar-refractivity contribution is 0.592. The summed E-state index contributed by atoms with van der Waals surface area (Å²) < 4.78 is 1.77. The minimum Gasteiger partial charge on any atom is -0.128 e. The van der Waals surface area contributed by atoms with E-state index in [9.17, 15) is 0 Å². The van der Waals surface area contributed by atoms with Crippen molar-refractivity contribution in [2.45, 2.75) is 58.3 Å². The van der Waals surface area contributed by atoms with Gasteiger partial charge in [0.25, 0.3) is 0 Å². The minimum absolute atomic E-state index is 0.414. The fourth-order valence-electron chi connectivity index (χ4n) is 4.30. The molecule has 1 fully saturated rings. The highest BCUT2D eigenvalue weighted by Gasteiger charge is 2.30. The second kappa shape index (κ2) is 7.23. The number of thiophene rings is 2. The SMILES string of the molecule is Cc1sc(Cl)cc1C1=CC(=C2CCCCC2)CC1c1cc(Cl)sc1C. The number of aryl methyl sites for hydroxylation is 2. The predicted molar refractivity (Wildman–Crippen MR) is 114 cm³/mol. The molecule has 4 rings (SSSR count). The third-order valence-corrected chi connectivity index (χ3v) is 7.92. The second-order valence-electron chi connectivity index (χ2n) is 7.13. The molecule has 0 amide bonds. The fourth-order valence-corrected chi connectivity index (χ4v) is 6.78. The predicted octanol–water partition coefficient (Wildman–Crippen LogP) is 8.56. The minimum atomic E-state index is 0.414. The van der Waals surface area contributed by atoms with Gasteiger partial charge in [0.1, 0.15) is 0 Å². The average Bonchev–Trinajstić information content (AvgIpc) is 3.25. The lowest BCUT2D eigenvalue weighted by atomic mass is 9.87. The van der Waals surface area contributed by atoms with Crippen molar-refractivity contribution in [1.29, 1.82) is 0 Å². The third kappa shape index (κ3) is 3.51. The van der Waals surface area contributed by atoms with Crippen LogP contribution < -0.4 is 0 Å². The Kier molecular flexibility index (Phi) is 5.16. The van der Waals surface area contributed by atoms with Gasteiger partial charge in [-0.15, -0.1) is 22.7 Å². The van der Waals surface area contributed by atoms with Crippen LogP contribution in [-0.4, -0.2) is 0 Å². The summed E-state index contributed by atoms with van der Waals surface area (Å²) in [7, 11) is 0. The molecule has 0 bridgehead atoms. The quantitative estimate of drug-likeness (QED) is 0.466. The van der Waals surface area contributed by atoms with Crippen molar-refractivity contribution in [1.82, 2.24) is 0 Å². The molecule has 1 unspecified atom stereocenters. The lowest BCUT2D eigenvalue weighted by Gasteiger charge is -2.18. The molecule has 0 saturated heterocycles. The first-order chi connectivity index (χ1) is 12.0. The molecule has 2 heterocycles. The van der Waals surface area contributed by atoms with Gasteiger partial charge in [0.2, 0.25) is 0 Å². The van der Waals surface area contributed by atoms with E-state index in [1.165, 1.54) is 58.6 Å². The Labute approximate surface area is 168 Å². The Balaban J connectivity index is 1.81. The zero-order valence-corrected chi connectivity index (χ0v) is 17.8. The van der Waals surface area contributed by atoms with Crippen LogP contribution in [0.15, 0.2) is 29.4 Å². The number of rotatable bonds is 2. The maximum absolute atomic E-state index is 6.33. The van der Waals surface area contributed by atoms with Crippen molar-refractivity contribution >= 4 is 51.4 Å². The summed E-state index contributed by atoms with van der Waals surface area (Å²) >= 11 is 16.0. The van der Waals surface area contributed by atoms with E-state index in [4.69, 9.17) is 23.2 Å². The number of hydrogen-bond acceptors (Lipinski definition) is 2. The zero-order valence-electron chi connectivity index (χ0n) is 14.6. The van der Waals surface area contributed by atoms with E-state index in [1.807, 2.05) is 0 Å². The Morgan fingerprint density at radius 3 is 2.20 bits per heavy atom. The van der Waals surface area contributed by atoms with Crippen LogP contribution in [0.3, 0.4) is 0 Å². The first-order valence-corrected chi connectivity index (χ1v) is 11.4. The molecule has 2 aliphatic rings. The van der Waals surface area contributed by atoms with Gasteiger partial charge >= 0.3 is 0 Å². The molecule has 2 aromatic heterocycles. The molecule has 132 valence electrons. The van der Waals surface area contributed by atoms with Gasteiger partial charge in [-0.3, -0.25) is 0 Å². The van der Waals surface area contributed by atoms with E-state index >= 15 is 0 Å². The van der Waals surface area contributed by atoms with E-state index in [0.717, 1.165) is 15.1 Å². The Hall–Kier alpha value is -0.540. The third-order valence-electron chi connectivity index (χ3n) is 5.54. The maximum atomic E-state index is 6.33. The van der Waals surface area contributed by atoms with Crippen LogP contribution in [0, 0.1) is 13.8 Å². The molecule has 0 aromatic carbocycles. The summed E-state index contributed by atoms with van der Waals surface area (Å²) in [6, 6.07) is 4.33. The number of hydrogen-bond donors (Lipinski definition) is 0. The molecular formula is C21H22Cl2S2. The monoisotopic (exact) mass is 408 g/mol. The van der Waals surface area contributed by atoms with Crippen LogP contribution in [0.4, 0.5) is 0 Å². The van der Waals surface area contributed by atoms with Crippen LogP contribution in [-0.2, 0) is 0 Å². The van der Waals surface area contributed by atoms with Gasteiger partial charge in [0.15, 0.2) is 0 Å². The highest BCUT2D eigenvalue weighted by molar-refractivity contribution is 7.16. The van der Waals surface area contributed by atoms with Crippen molar-refractivity contribution < 1.29 is 0 Å². The summed E-state index contributed by atoms with van der Waals surface area (Å²) in [5, 5.41) is 0. The van der Waals surface area contributed by atoms with Crippen LogP contribution in [0.2, 0.25) is 8.67 Å². The van der Waals surface area contributed by atoms with Gasteiger partial charge in [-0.2, -0.15) is 0 Å². The van der Waals surface area contributed by atoms with Crippen LogP contribution in [0.5, 0.6) is 0 Å². The molecule has 4 heteroatoms. The average molecular weight is 409 g/mol. The van der Waals surface area contributed by atoms with Crippen molar-refractivity contribution in [3.63, 3.8) is 0 Å². The van der Waals surface area contributed by atoms with E-state index in [-0.39, 0.29) is 0 Å². The van der Waals surface area contributed by atoms with E-state index in [0.29, 0.717) is 5.92 Å². The van der Waals surface area contributed by atoms with E-state index in [2.05, 4.69) is 32.1 Å². The molecule has 0 nitrogen and oxygen atoms in total. The largest absolute Gasteiger partial charge is 0.128 e. The summed E-state index contributed by atoms with van der Waals surface area (Å²) in [6.07, 6.45) is 10.2. The molecule has 0 spiro atoms. The molecule has 1 saturated carbocycles. The first-order valence-electron chi connectivity index (χ1n) is 8.97. The molecule has 25 heavy (non-hydrogen) atoms. The van der Waals surface area contributed by atoms with Gasteiger partial charge in [0.05, 0.1) is 8.67 Å². The topological polar surface area (TPSA) is 0 Å². The second-order valence-corrected chi connectivity index (χ2v) is 10.9. The normalized spacial score (nSPS) is 21.1. The molecule has 0 N–H and O–H groups in total. The van der Waals surface area contributed by atoms with Crippen LogP contribution >= 0.6 is 45.9 Å². The smallest absolute Gasteiger partial charge is 0.0937 e. The molecule has 2 aliphatic carbocycles. The fraction of sp³-hybridized carbons (Fsp3) is 0.429. The summed E-state index contributed by atoms with van der Waals surface area (Å²) in [5.41, 5.74) is 7.42. The molecular weight excluding hydrogens is 387 g/mol. The first kappa shape index (κ1) is 17.9.